The quantitative estimate of drug-likeness (QED) is 0.384. The van der Waals surface area contributed by atoms with E-state index in [1.165, 1.54) is 6.33 Å². The van der Waals surface area contributed by atoms with Gasteiger partial charge in [0, 0.05) is 0 Å². The van der Waals surface area contributed by atoms with Gasteiger partial charge < -0.3 is 4.57 Å². The van der Waals surface area contributed by atoms with E-state index in [9.17, 15) is 0 Å². The number of imidazole rings is 1. The summed E-state index contributed by atoms with van der Waals surface area (Å²) >= 11 is 0. The smallest absolute Gasteiger partial charge is 0.181 e. The van der Waals surface area contributed by atoms with Crippen molar-refractivity contribution in [3.8, 4) is 0 Å². The molecule has 0 aliphatic carbocycles. The van der Waals surface area contributed by atoms with Gasteiger partial charge >= 0.3 is 0 Å². The Kier molecular flexibility index (Phi) is 5.36. The first kappa shape index (κ1) is 19.0. The summed E-state index contributed by atoms with van der Waals surface area (Å²) in [4.78, 5) is 19.1. The molecule has 0 saturated carbocycles. The number of hydrogen-bond donors (Lipinski definition) is 1. The highest BCUT2D eigenvalue weighted by Gasteiger charge is 2.20. The molecule has 2 heterocycles. The second-order valence-electron chi connectivity index (χ2n) is 7.15. The minimum absolute atomic E-state index is 0.0552. The van der Waals surface area contributed by atoms with Crippen molar-refractivity contribution >= 4 is 17.0 Å². The van der Waals surface area contributed by atoms with E-state index in [0.717, 1.165) is 22.3 Å². The van der Waals surface area contributed by atoms with Gasteiger partial charge in [0.05, 0.1) is 19.0 Å². The molecule has 0 fully saturated rings. The Morgan fingerprint density at radius 1 is 0.742 bits per heavy atom. The lowest BCUT2D eigenvalue weighted by molar-refractivity contribution is 0.179. The van der Waals surface area contributed by atoms with E-state index in [2.05, 4.69) is 49.3 Å². The normalized spacial score (nSPS) is 11.1. The van der Waals surface area contributed by atoms with Gasteiger partial charge in [0.25, 0.3) is 0 Å². The van der Waals surface area contributed by atoms with Crippen LogP contribution in [0.2, 0.25) is 0 Å². The van der Waals surface area contributed by atoms with Gasteiger partial charge in [-0.1, -0.05) is 91.0 Å². The lowest BCUT2D eigenvalue weighted by Crippen LogP contribution is -2.12. The average Bonchev–Trinajstić information content (AvgIpc) is 3.26. The van der Waals surface area contributed by atoms with Crippen LogP contribution in [0.5, 0.6) is 0 Å². The Morgan fingerprint density at radius 2 is 1.35 bits per heavy atom. The van der Waals surface area contributed by atoms with E-state index in [0.29, 0.717) is 17.9 Å². The van der Waals surface area contributed by atoms with Crippen LogP contribution >= 0.6 is 0 Å². The largest absolute Gasteiger partial charge is 0.303 e. The molecular formula is C25H21N5O. The number of rotatable bonds is 7. The fourth-order valence-corrected chi connectivity index (χ4v) is 3.66. The molecule has 2 aromatic heterocycles. The fourth-order valence-electron chi connectivity index (χ4n) is 3.66. The summed E-state index contributed by atoms with van der Waals surface area (Å²) < 4.78 is 2.07. The van der Waals surface area contributed by atoms with Gasteiger partial charge in [-0.05, 0) is 16.7 Å². The monoisotopic (exact) mass is 407 g/mol. The van der Waals surface area contributed by atoms with E-state index in [-0.39, 0.29) is 6.04 Å². The predicted octanol–water partition coefficient (Wildman–Crippen LogP) is 5.01. The summed E-state index contributed by atoms with van der Waals surface area (Å²) in [5.41, 5.74) is 7.71. The molecule has 5 aromatic rings. The molecule has 0 saturated heterocycles. The number of nitrogens with one attached hydrogen (secondary N) is 1. The van der Waals surface area contributed by atoms with Gasteiger partial charge in [-0.15, -0.1) is 0 Å². The van der Waals surface area contributed by atoms with Gasteiger partial charge in [-0.3, -0.25) is 4.84 Å². The minimum Gasteiger partial charge on any atom is -0.303 e. The summed E-state index contributed by atoms with van der Waals surface area (Å²) in [6.07, 6.45) is 3.34. The lowest BCUT2D eigenvalue weighted by Gasteiger charge is -2.20. The molecule has 1 N–H and O–H groups in total. The van der Waals surface area contributed by atoms with Crippen LogP contribution in [0.15, 0.2) is 104 Å². The van der Waals surface area contributed by atoms with E-state index in [1.807, 2.05) is 73.1 Å². The SMILES string of the molecule is c1ccc(CONc2ncnc3c2ncn3C(c2ccccc2)c2ccccc2)cc1. The standard InChI is InChI=1S/C25H21N5O/c1-4-10-19(11-5-1)16-31-29-24-22-25(27-17-26-24)30(18-28-22)23(20-12-6-2-7-13-20)21-14-8-3-9-15-21/h1-15,17-18,23H,16H2,(H,26,27,29). The first-order chi connectivity index (χ1) is 15.4. The third kappa shape index (κ3) is 4.01. The van der Waals surface area contributed by atoms with E-state index >= 15 is 0 Å². The van der Waals surface area contributed by atoms with Gasteiger partial charge in [0.2, 0.25) is 0 Å². The maximum absolute atomic E-state index is 5.66. The van der Waals surface area contributed by atoms with Crippen molar-refractivity contribution in [2.75, 3.05) is 5.48 Å². The molecule has 0 aliphatic rings. The zero-order chi connectivity index (χ0) is 20.9. The summed E-state index contributed by atoms with van der Waals surface area (Å²) in [6.45, 7) is 0.420. The summed E-state index contributed by atoms with van der Waals surface area (Å²) in [7, 11) is 0. The Hall–Kier alpha value is -4.03. The highest BCUT2D eigenvalue weighted by Crippen LogP contribution is 2.30. The van der Waals surface area contributed by atoms with Crippen LogP contribution in [0, 0.1) is 0 Å². The Balaban J connectivity index is 1.49. The zero-order valence-electron chi connectivity index (χ0n) is 16.8. The van der Waals surface area contributed by atoms with E-state index < -0.39 is 0 Å². The second kappa shape index (κ2) is 8.77. The third-order valence-electron chi connectivity index (χ3n) is 5.12. The summed E-state index contributed by atoms with van der Waals surface area (Å²) in [5, 5.41) is 0. The molecule has 0 radical (unpaired) electrons. The number of fused-ring (bicyclic) bond motifs is 1. The zero-order valence-corrected chi connectivity index (χ0v) is 16.8. The number of anilines is 1. The first-order valence-corrected chi connectivity index (χ1v) is 10.1. The molecule has 0 unspecified atom stereocenters. The van der Waals surface area contributed by atoms with Gasteiger partial charge in [-0.2, -0.15) is 0 Å². The number of benzene rings is 3. The van der Waals surface area contributed by atoms with Crippen molar-refractivity contribution in [3.05, 3.63) is 120 Å². The maximum Gasteiger partial charge on any atom is 0.181 e. The molecule has 0 atom stereocenters. The molecule has 6 nitrogen and oxygen atoms in total. The first-order valence-electron chi connectivity index (χ1n) is 10.1. The molecule has 0 bridgehead atoms. The van der Waals surface area contributed by atoms with E-state index in [4.69, 9.17) is 4.84 Å². The van der Waals surface area contributed by atoms with Crippen LogP contribution in [0.3, 0.4) is 0 Å². The highest BCUT2D eigenvalue weighted by molar-refractivity contribution is 5.82. The average molecular weight is 407 g/mol. The summed E-state index contributed by atoms with van der Waals surface area (Å²) in [5.74, 6) is 0.541. The molecule has 3 aromatic carbocycles. The molecule has 5 rings (SSSR count). The van der Waals surface area contributed by atoms with Crippen molar-refractivity contribution in [3.63, 3.8) is 0 Å². The third-order valence-corrected chi connectivity index (χ3v) is 5.12. The van der Waals surface area contributed by atoms with Crippen molar-refractivity contribution in [2.45, 2.75) is 12.6 Å². The maximum atomic E-state index is 5.66. The van der Waals surface area contributed by atoms with Crippen LogP contribution < -0.4 is 5.48 Å². The number of nitrogens with zero attached hydrogens (tertiary/aromatic N) is 4. The van der Waals surface area contributed by atoms with Crippen molar-refractivity contribution < 1.29 is 4.84 Å². The van der Waals surface area contributed by atoms with Crippen LogP contribution in [0.4, 0.5) is 5.82 Å². The van der Waals surface area contributed by atoms with E-state index in [1.54, 1.807) is 0 Å². The Bertz CT molecular complexity index is 1220. The molecule has 0 aliphatic heterocycles. The molecule has 152 valence electrons. The number of aromatic nitrogens is 4. The van der Waals surface area contributed by atoms with Crippen LogP contribution in [0.25, 0.3) is 11.2 Å². The topological polar surface area (TPSA) is 64.9 Å². The van der Waals surface area contributed by atoms with Crippen LogP contribution in [-0.4, -0.2) is 19.5 Å². The Labute approximate surface area is 180 Å². The number of hydrogen-bond acceptors (Lipinski definition) is 5. The second-order valence-corrected chi connectivity index (χ2v) is 7.15. The molecule has 0 amide bonds. The van der Waals surface area contributed by atoms with Crippen molar-refractivity contribution in [2.24, 2.45) is 0 Å². The summed E-state index contributed by atoms with van der Waals surface area (Å²) in [6, 6.07) is 30.6. The molecule has 6 heteroatoms. The molecule has 31 heavy (non-hydrogen) atoms. The van der Waals surface area contributed by atoms with Gasteiger partial charge in [0.1, 0.15) is 6.33 Å². The fraction of sp³-hybridized carbons (Fsp3) is 0.0800. The molecular weight excluding hydrogens is 386 g/mol. The van der Waals surface area contributed by atoms with Crippen molar-refractivity contribution in [1.29, 1.82) is 0 Å². The molecule has 0 spiro atoms. The minimum atomic E-state index is -0.0552. The Morgan fingerprint density at radius 3 is 2.00 bits per heavy atom. The van der Waals surface area contributed by atoms with Crippen LogP contribution in [0.1, 0.15) is 22.7 Å². The van der Waals surface area contributed by atoms with Gasteiger partial charge in [-0.25, -0.2) is 20.4 Å². The lowest BCUT2D eigenvalue weighted by atomic mass is 9.98. The van der Waals surface area contributed by atoms with Crippen LogP contribution in [-0.2, 0) is 11.4 Å². The predicted molar refractivity (Wildman–Crippen MR) is 120 cm³/mol. The highest BCUT2D eigenvalue weighted by atomic mass is 16.6. The van der Waals surface area contributed by atoms with Crippen molar-refractivity contribution in [1.82, 2.24) is 19.5 Å². The van der Waals surface area contributed by atoms with Gasteiger partial charge in [0.15, 0.2) is 17.0 Å².